The predicted octanol–water partition coefficient (Wildman–Crippen LogP) is 3.35. The Labute approximate surface area is 166 Å². The van der Waals surface area contributed by atoms with Gasteiger partial charge >= 0.3 is 6.03 Å². The average molecular weight is 405 g/mol. The number of rotatable bonds is 3. The van der Waals surface area contributed by atoms with Gasteiger partial charge in [-0.25, -0.2) is 9.80 Å². The maximum Gasteiger partial charge on any atom is 0.343 e. The molecular formula is C18H20N4O3S2. The molecule has 2 aromatic rings. The lowest BCUT2D eigenvalue weighted by atomic mass is 10.0. The van der Waals surface area contributed by atoms with Crippen LogP contribution in [-0.4, -0.2) is 54.9 Å². The van der Waals surface area contributed by atoms with E-state index >= 15 is 0 Å². The van der Waals surface area contributed by atoms with Crippen molar-refractivity contribution in [3.05, 3.63) is 42.0 Å². The van der Waals surface area contributed by atoms with Crippen LogP contribution in [0.5, 0.6) is 5.75 Å². The minimum absolute atomic E-state index is 0.0817. The molecule has 1 aliphatic rings. The zero-order valence-electron chi connectivity index (χ0n) is 15.1. The van der Waals surface area contributed by atoms with Crippen molar-refractivity contribution < 1.29 is 15.1 Å². The molecule has 0 aromatic heterocycles. The highest BCUT2D eigenvalue weighted by Gasteiger charge is 2.49. The first-order chi connectivity index (χ1) is 12.8. The number of urea groups is 1. The molecule has 1 heterocycles. The van der Waals surface area contributed by atoms with E-state index in [2.05, 4.69) is 10.4 Å². The van der Waals surface area contributed by atoms with E-state index in [1.54, 1.807) is 6.07 Å². The first kappa shape index (κ1) is 19.4. The van der Waals surface area contributed by atoms with Gasteiger partial charge in [0, 0.05) is 12.6 Å². The zero-order chi connectivity index (χ0) is 19.8. The van der Waals surface area contributed by atoms with Crippen molar-refractivity contribution in [1.82, 2.24) is 15.4 Å². The molecule has 0 radical (unpaired) electrons. The summed E-state index contributed by atoms with van der Waals surface area (Å²) in [6.07, 6.45) is 0.694. The molecule has 0 aliphatic carbocycles. The lowest BCUT2D eigenvalue weighted by Crippen LogP contribution is -2.55. The highest BCUT2D eigenvalue weighted by atomic mass is 32.2. The Morgan fingerprint density at radius 2 is 2.07 bits per heavy atom. The smallest absolute Gasteiger partial charge is 0.343 e. The van der Waals surface area contributed by atoms with Gasteiger partial charge in [-0.1, -0.05) is 54.3 Å². The van der Waals surface area contributed by atoms with Gasteiger partial charge in [0.15, 0.2) is 10.5 Å². The number of amides is 2. The number of phenolic OH excluding ortho intramolecular Hbond substituents is 1. The summed E-state index contributed by atoms with van der Waals surface area (Å²) in [6, 6.07) is 10.4. The Kier molecular flexibility index (Phi) is 5.27. The van der Waals surface area contributed by atoms with Gasteiger partial charge in [-0.05, 0) is 30.7 Å². The summed E-state index contributed by atoms with van der Waals surface area (Å²) in [5.74, 6) is 0.0817. The fourth-order valence-corrected chi connectivity index (χ4v) is 4.78. The molecule has 0 spiro atoms. The summed E-state index contributed by atoms with van der Waals surface area (Å²) >= 11 is 6.73. The minimum atomic E-state index is -0.802. The van der Waals surface area contributed by atoms with Crippen molar-refractivity contribution in [2.45, 2.75) is 24.8 Å². The Morgan fingerprint density at radius 3 is 2.78 bits per heavy atom. The third-order valence-electron chi connectivity index (χ3n) is 4.30. The first-order valence-electron chi connectivity index (χ1n) is 8.23. The molecule has 1 saturated heterocycles. The molecule has 2 aromatic carbocycles. The number of thioether (sulfide) groups is 1. The normalized spacial score (nSPS) is 19.0. The second-order valence-electron chi connectivity index (χ2n) is 6.55. The van der Waals surface area contributed by atoms with E-state index in [0.717, 1.165) is 10.8 Å². The molecule has 1 fully saturated rings. The molecule has 0 bridgehead atoms. The van der Waals surface area contributed by atoms with Crippen molar-refractivity contribution in [3.8, 4) is 5.75 Å². The van der Waals surface area contributed by atoms with E-state index in [9.17, 15) is 15.1 Å². The topological polar surface area (TPSA) is 88.4 Å². The number of aromatic hydroxyl groups is 1. The Morgan fingerprint density at radius 1 is 1.37 bits per heavy atom. The van der Waals surface area contributed by atoms with E-state index in [1.807, 2.05) is 44.2 Å². The molecule has 7 nitrogen and oxygen atoms in total. The highest BCUT2D eigenvalue weighted by Crippen LogP contribution is 2.42. The lowest BCUT2D eigenvalue weighted by molar-refractivity contribution is -0.117. The second-order valence-corrected chi connectivity index (χ2v) is 8.84. The Hall–Kier alpha value is -2.36. The van der Waals surface area contributed by atoms with Crippen LogP contribution in [-0.2, 0) is 0 Å². The molecule has 2 amide bonds. The third-order valence-corrected chi connectivity index (χ3v) is 5.84. The number of nitrogens with one attached hydrogen (secondary N) is 1. The third kappa shape index (κ3) is 3.58. The number of hydrogen-bond donors (Lipinski definition) is 3. The van der Waals surface area contributed by atoms with Crippen molar-refractivity contribution in [2.24, 2.45) is 5.10 Å². The molecule has 142 valence electrons. The monoisotopic (exact) mass is 404 g/mol. The summed E-state index contributed by atoms with van der Waals surface area (Å²) in [6.45, 7) is 3.73. The van der Waals surface area contributed by atoms with Gasteiger partial charge in [-0.2, -0.15) is 10.2 Å². The van der Waals surface area contributed by atoms with Crippen LogP contribution < -0.4 is 5.32 Å². The number of thiocarbonyl (C=S) groups is 1. The van der Waals surface area contributed by atoms with E-state index in [-0.39, 0.29) is 5.75 Å². The van der Waals surface area contributed by atoms with Crippen molar-refractivity contribution in [2.75, 3.05) is 7.05 Å². The fraction of sp³-hybridized carbons (Fsp3) is 0.278. The summed E-state index contributed by atoms with van der Waals surface area (Å²) < 4.78 is -0.167. The highest BCUT2D eigenvalue weighted by molar-refractivity contribution is 8.24. The van der Waals surface area contributed by atoms with E-state index in [4.69, 9.17) is 12.2 Å². The van der Waals surface area contributed by atoms with Gasteiger partial charge in [0.05, 0.1) is 11.0 Å². The molecule has 9 heteroatoms. The van der Waals surface area contributed by atoms with Crippen LogP contribution in [0.3, 0.4) is 0 Å². The quantitative estimate of drug-likeness (QED) is 0.315. The minimum Gasteiger partial charge on any atom is -0.507 e. The van der Waals surface area contributed by atoms with Gasteiger partial charge < -0.3 is 10.4 Å². The number of fused-ring (bicyclic) bond motifs is 1. The van der Waals surface area contributed by atoms with Crippen LogP contribution in [0.4, 0.5) is 4.79 Å². The lowest BCUT2D eigenvalue weighted by Gasteiger charge is -2.33. The van der Waals surface area contributed by atoms with E-state index in [0.29, 0.717) is 14.9 Å². The number of nitrogens with zero attached hydrogens (tertiary/aromatic N) is 3. The van der Waals surface area contributed by atoms with Crippen LogP contribution in [0, 0.1) is 0 Å². The molecular weight excluding hydrogens is 384 g/mol. The molecule has 27 heavy (non-hydrogen) atoms. The summed E-state index contributed by atoms with van der Waals surface area (Å²) in [4.78, 5) is 11.9. The van der Waals surface area contributed by atoms with Crippen molar-refractivity contribution in [3.63, 3.8) is 0 Å². The van der Waals surface area contributed by atoms with Crippen LogP contribution in [0.15, 0.2) is 41.5 Å². The Balaban J connectivity index is 2.01. The first-order valence-corrected chi connectivity index (χ1v) is 9.45. The molecule has 0 saturated carbocycles. The van der Waals surface area contributed by atoms with Gasteiger partial charge in [-0.15, -0.1) is 0 Å². The second kappa shape index (κ2) is 7.34. The SMILES string of the molecule is CNC(=O)N(O)[C@H]1N(/N=C/c2c(O)ccc3ccccc23)C(=S)SC1(C)C. The predicted molar refractivity (Wildman–Crippen MR) is 111 cm³/mol. The number of benzene rings is 2. The molecule has 3 rings (SSSR count). The van der Waals surface area contributed by atoms with E-state index in [1.165, 1.54) is 30.0 Å². The van der Waals surface area contributed by atoms with Crippen LogP contribution in [0.1, 0.15) is 19.4 Å². The molecule has 1 aliphatic heterocycles. The molecule has 0 unspecified atom stereocenters. The number of phenols is 1. The fourth-order valence-electron chi connectivity index (χ4n) is 2.99. The number of hydrazone groups is 1. The van der Waals surface area contributed by atoms with Crippen LogP contribution in [0.25, 0.3) is 10.8 Å². The maximum absolute atomic E-state index is 11.9. The number of carbonyl (C=O) groups is 1. The molecule has 1 atom stereocenters. The van der Waals surface area contributed by atoms with Crippen LogP contribution >= 0.6 is 24.0 Å². The largest absolute Gasteiger partial charge is 0.507 e. The summed E-state index contributed by atoms with van der Waals surface area (Å²) in [5, 5.41) is 31.2. The van der Waals surface area contributed by atoms with Crippen molar-refractivity contribution in [1.29, 1.82) is 0 Å². The summed E-state index contributed by atoms with van der Waals surface area (Å²) in [5.41, 5.74) is 0.536. The standard InChI is InChI=1S/C18H20N4O3S2/c1-18(2)15(22(25)16(24)19-3)21(17(26)27-18)20-10-13-12-7-5-4-6-11(12)8-9-14(13)23/h4-10,15,23,25H,1-3H3,(H,19,24)/b20-10+/t15-/m1/s1. The van der Waals surface area contributed by atoms with E-state index < -0.39 is 16.9 Å². The number of carbonyl (C=O) groups excluding carboxylic acids is 1. The summed E-state index contributed by atoms with van der Waals surface area (Å²) in [7, 11) is 1.43. The van der Waals surface area contributed by atoms with Gasteiger partial charge in [-0.3, -0.25) is 5.21 Å². The number of hydrogen-bond acceptors (Lipinski definition) is 6. The van der Waals surface area contributed by atoms with Gasteiger partial charge in [0.2, 0.25) is 0 Å². The maximum atomic E-state index is 11.9. The zero-order valence-corrected chi connectivity index (χ0v) is 16.7. The van der Waals surface area contributed by atoms with Gasteiger partial charge in [0.1, 0.15) is 5.75 Å². The number of hydroxylamine groups is 2. The average Bonchev–Trinajstić information content (AvgIpc) is 2.87. The molecule has 3 N–H and O–H groups in total. The van der Waals surface area contributed by atoms with Gasteiger partial charge in [0.25, 0.3) is 0 Å². The van der Waals surface area contributed by atoms with Crippen LogP contribution in [0.2, 0.25) is 0 Å². The van der Waals surface area contributed by atoms with Crippen molar-refractivity contribution >= 4 is 51.3 Å². The Bertz CT molecular complexity index is 932.